The van der Waals surface area contributed by atoms with E-state index >= 15 is 0 Å². The fourth-order valence-corrected chi connectivity index (χ4v) is 3.68. The molecule has 1 aliphatic heterocycles. The van der Waals surface area contributed by atoms with Gasteiger partial charge in [-0.1, -0.05) is 51.1 Å². The zero-order valence-corrected chi connectivity index (χ0v) is 16.8. The maximum Gasteiger partial charge on any atom is 0.239 e. The summed E-state index contributed by atoms with van der Waals surface area (Å²) in [5.41, 5.74) is 6.55. The van der Waals surface area contributed by atoms with Gasteiger partial charge in [-0.15, -0.1) is 0 Å². The van der Waals surface area contributed by atoms with Crippen LogP contribution in [0, 0.1) is 11.6 Å². The van der Waals surface area contributed by atoms with E-state index in [-0.39, 0.29) is 22.8 Å². The molecule has 2 atom stereocenters. The summed E-state index contributed by atoms with van der Waals surface area (Å²) in [6, 6.07) is 11.0. The van der Waals surface area contributed by atoms with Crippen LogP contribution < -0.4 is 5.73 Å². The summed E-state index contributed by atoms with van der Waals surface area (Å²) in [4.78, 5) is 18.9. The predicted octanol–water partition coefficient (Wildman–Crippen LogP) is 4.05. The number of aliphatic imine (C=N–C) groups is 1. The van der Waals surface area contributed by atoms with Crippen molar-refractivity contribution in [1.29, 1.82) is 0 Å². The zero-order chi connectivity index (χ0) is 20.9. The normalized spacial score (nSPS) is 23.0. The van der Waals surface area contributed by atoms with Crippen LogP contribution in [0.3, 0.4) is 0 Å². The number of nitrogens with two attached hydrogens (primary N) is 1. The number of benzene rings is 2. The van der Waals surface area contributed by atoms with Gasteiger partial charge in [0.15, 0.2) is 5.96 Å². The van der Waals surface area contributed by atoms with Gasteiger partial charge in [0.1, 0.15) is 17.2 Å². The number of carbonyl (C=O) groups excluding carboxylic acids is 1. The van der Waals surface area contributed by atoms with E-state index in [1.165, 1.54) is 18.0 Å². The number of rotatable bonds is 2. The van der Waals surface area contributed by atoms with Crippen molar-refractivity contribution in [1.82, 2.24) is 4.90 Å². The average Bonchev–Trinajstić information content (AvgIpc) is 2.59. The molecule has 28 heavy (non-hydrogen) atoms. The number of halogens is 2. The van der Waals surface area contributed by atoms with Crippen LogP contribution in [0.5, 0.6) is 0 Å². The van der Waals surface area contributed by atoms with Crippen LogP contribution >= 0.6 is 0 Å². The van der Waals surface area contributed by atoms with Gasteiger partial charge >= 0.3 is 0 Å². The van der Waals surface area contributed by atoms with Gasteiger partial charge in [-0.25, -0.2) is 13.8 Å². The second-order valence-corrected chi connectivity index (χ2v) is 8.44. The van der Waals surface area contributed by atoms with E-state index in [0.29, 0.717) is 5.56 Å². The van der Waals surface area contributed by atoms with Crippen molar-refractivity contribution < 1.29 is 13.6 Å². The minimum atomic E-state index is -1.30. The summed E-state index contributed by atoms with van der Waals surface area (Å²) in [7, 11) is 1.54. The van der Waals surface area contributed by atoms with Crippen LogP contribution in [0.15, 0.2) is 47.5 Å². The number of likely N-dealkylation sites (N-methyl/N-ethyl adjacent to an activating group) is 1. The maximum absolute atomic E-state index is 14.7. The van der Waals surface area contributed by atoms with Crippen LogP contribution in [-0.2, 0) is 15.7 Å². The van der Waals surface area contributed by atoms with Crippen molar-refractivity contribution in [2.24, 2.45) is 10.7 Å². The molecule has 148 valence electrons. The summed E-state index contributed by atoms with van der Waals surface area (Å²) in [5, 5.41) is 0. The number of nitrogens with zero attached hydrogens (tertiary/aromatic N) is 2. The second kappa shape index (κ2) is 6.69. The van der Waals surface area contributed by atoms with Crippen molar-refractivity contribution >= 4 is 11.9 Å². The molecular formula is C22H25F2N3O. The largest absolute Gasteiger partial charge is 0.369 e. The predicted molar refractivity (Wildman–Crippen MR) is 106 cm³/mol. The fraction of sp³-hybridized carbons (Fsp3) is 0.364. The molecule has 0 fully saturated rings. The molecule has 0 saturated carbocycles. The Hall–Kier alpha value is -2.76. The Labute approximate surface area is 164 Å². The van der Waals surface area contributed by atoms with Gasteiger partial charge in [-0.3, -0.25) is 9.69 Å². The molecule has 0 aromatic heterocycles. The molecule has 1 heterocycles. The lowest BCUT2D eigenvalue weighted by molar-refractivity contribution is -0.130. The molecular weight excluding hydrogens is 360 g/mol. The lowest BCUT2D eigenvalue weighted by atomic mass is 9.73. The molecule has 2 aromatic rings. The Morgan fingerprint density at radius 1 is 1.11 bits per heavy atom. The quantitative estimate of drug-likeness (QED) is 0.848. The molecule has 6 heteroatoms. The third-order valence-electron chi connectivity index (χ3n) is 5.42. The van der Waals surface area contributed by atoms with Gasteiger partial charge in [-0.05, 0) is 29.5 Å². The molecule has 2 unspecified atom stereocenters. The SMILES string of the molecule is CN1C(=O)C(c2ccc(C(C)(C)C)cc2)C(C)(c2ccc(F)cc2F)N=C1N. The van der Waals surface area contributed by atoms with Crippen LogP contribution in [0.25, 0.3) is 0 Å². The highest BCUT2D eigenvalue weighted by Crippen LogP contribution is 2.45. The average molecular weight is 385 g/mol. The number of carbonyl (C=O) groups is 1. The molecule has 3 rings (SSSR count). The molecule has 1 amide bonds. The van der Waals surface area contributed by atoms with Gasteiger partial charge in [0.25, 0.3) is 0 Å². The molecule has 0 saturated heterocycles. The van der Waals surface area contributed by atoms with E-state index in [9.17, 15) is 13.6 Å². The molecule has 0 spiro atoms. The maximum atomic E-state index is 14.7. The molecule has 2 aromatic carbocycles. The molecule has 1 aliphatic rings. The van der Waals surface area contributed by atoms with Crippen molar-refractivity contribution in [2.45, 2.75) is 44.6 Å². The number of guanidine groups is 1. The van der Waals surface area contributed by atoms with Gasteiger partial charge < -0.3 is 5.73 Å². The standard InChI is InChI=1S/C22H25F2N3O/c1-21(2,3)14-8-6-13(7-9-14)18-19(28)27(5)20(25)26-22(18,4)16-11-10-15(23)12-17(16)24/h6-12,18H,1-5H3,(H2,25,26). The minimum absolute atomic E-state index is 0.00112. The van der Waals surface area contributed by atoms with Gasteiger partial charge in [0.2, 0.25) is 5.91 Å². The summed E-state index contributed by atoms with van der Waals surface area (Å²) in [6.45, 7) is 7.96. The highest BCUT2D eigenvalue weighted by Gasteiger charge is 2.48. The van der Waals surface area contributed by atoms with Gasteiger partial charge in [0.05, 0.1) is 5.92 Å². The van der Waals surface area contributed by atoms with Crippen LogP contribution in [0.4, 0.5) is 8.78 Å². The van der Waals surface area contributed by atoms with Crippen molar-refractivity contribution in [3.05, 3.63) is 70.8 Å². The Morgan fingerprint density at radius 2 is 1.71 bits per heavy atom. The van der Waals surface area contributed by atoms with E-state index in [0.717, 1.165) is 17.7 Å². The Bertz CT molecular complexity index is 947. The third kappa shape index (κ3) is 3.28. The Kier molecular flexibility index (Phi) is 4.77. The number of amides is 1. The lowest BCUT2D eigenvalue weighted by Crippen LogP contribution is -2.52. The third-order valence-corrected chi connectivity index (χ3v) is 5.42. The Morgan fingerprint density at radius 3 is 2.25 bits per heavy atom. The smallest absolute Gasteiger partial charge is 0.239 e. The number of hydrogen-bond acceptors (Lipinski definition) is 3. The lowest BCUT2D eigenvalue weighted by Gasteiger charge is -2.41. The minimum Gasteiger partial charge on any atom is -0.369 e. The van der Waals surface area contributed by atoms with Gasteiger partial charge in [-0.2, -0.15) is 0 Å². The fourth-order valence-electron chi connectivity index (χ4n) is 3.68. The van der Waals surface area contributed by atoms with E-state index in [2.05, 4.69) is 25.8 Å². The van der Waals surface area contributed by atoms with Crippen LogP contribution in [0.1, 0.15) is 50.3 Å². The summed E-state index contributed by atoms with van der Waals surface area (Å²) in [6.07, 6.45) is 0. The summed E-state index contributed by atoms with van der Waals surface area (Å²) >= 11 is 0. The van der Waals surface area contributed by atoms with Crippen molar-refractivity contribution in [3.63, 3.8) is 0 Å². The summed E-state index contributed by atoms with van der Waals surface area (Å²) < 4.78 is 28.1. The summed E-state index contributed by atoms with van der Waals surface area (Å²) in [5.74, 6) is -2.53. The highest BCUT2D eigenvalue weighted by molar-refractivity contribution is 6.02. The molecule has 2 N–H and O–H groups in total. The topological polar surface area (TPSA) is 58.7 Å². The van der Waals surface area contributed by atoms with Gasteiger partial charge in [0, 0.05) is 18.7 Å². The van der Waals surface area contributed by atoms with E-state index in [4.69, 9.17) is 5.73 Å². The monoisotopic (exact) mass is 385 g/mol. The van der Waals surface area contributed by atoms with Crippen molar-refractivity contribution in [2.75, 3.05) is 7.05 Å². The van der Waals surface area contributed by atoms with E-state index < -0.39 is 23.1 Å². The van der Waals surface area contributed by atoms with Crippen LogP contribution in [-0.4, -0.2) is 23.8 Å². The Balaban J connectivity index is 2.19. The first-order valence-electron chi connectivity index (χ1n) is 9.14. The molecule has 0 aliphatic carbocycles. The van der Waals surface area contributed by atoms with E-state index in [1.54, 1.807) is 6.92 Å². The second-order valence-electron chi connectivity index (χ2n) is 8.44. The van der Waals surface area contributed by atoms with Crippen LogP contribution in [0.2, 0.25) is 0 Å². The zero-order valence-electron chi connectivity index (χ0n) is 16.8. The highest BCUT2D eigenvalue weighted by atomic mass is 19.1. The van der Waals surface area contributed by atoms with E-state index in [1.807, 2.05) is 24.3 Å². The first kappa shape index (κ1) is 20.0. The number of hydrogen-bond donors (Lipinski definition) is 1. The molecule has 4 nitrogen and oxygen atoms in total. The molecule has 0 bridgehead atoms. The first-order valence-corrected chi connectivity index (χ1v) is 9.14. The first-order chi connectivity index (χ1) is 12.9. The van der Waals surface area contributed by atoms with Crippen molar-refractivity contribution in [3.8, 4) is 0 Å². The molecule has 0 radical (unpaired) electrons.